The molecule has 0 radical (unpaired) electrons. The monoisotopic (exact) mass is 338 g/mol. The SMILES string of the molecule is CCNC(=NCc1cccc(C)c1)NCC(=O)NCc1ccccc1. The number of aliphatic imine (C=N–C) groups is 1. The Bertz CT molecular complexity index is 698. The molecule has 2 rings (SSSR count). The molecule has 0 atom stereocenters. The molecule has 0 aliphatic rings. The highest BCUT2D eigenvalue weighted by atomic mass is 16.1. The molecular formula is C20H26N4O. The van der Waals surface area contributed by atoms with Gasteiger partial charge in [-0.25, -0.2) is 4.99 Å². The topological polar surface area (TPSA) is 65.5 Å². The van der Waals surface area contributed by atoms with Gasteiger partial charge in [0.15, 0.2) is 5.96 Å². The van der Waals surface area contributed by atoms with E-state index in [-0.39, 0.29) is 12.5 Å². The third-order valence-electron chi connectivity index (χ3n) is 3.60. The summed E-state index contributed by atoms with van der Waals surface area (Å²) in [4.78, 5) is 16.5. The smallest absolute Gasteiger partial charge is 0.239 e. The fourth-order valence-corrected chi connectivity index (χ4v) is 2.35. The molecular weight excluding hydrogens is 312 g/mol. The van der Waals surface area contributed by atoms with Crippen molar-refractivity contribution in [3.63, 3.8) is 0 Å². The first-order valence-electron chi connectivity index (χ1n) is 8.55. The minimum atomic E-state index is -0.0648. The van der Waals surface area contributed by atoms with E-state index in [9.17, 15) is 4.79 Å². The zero-order valence-electron chi connectivity index (χ0n) is 14.9. The normalized spacial score (nSPS) is 11.0. The number of hydrogen-bond donors (Lipinski definition) is 3. The second-order valence-electron chi connectivity index (χ2n) is 5.80. The number of aryl methyl sites for hydroxylation is 1. The second kappa shape index (κ2) is 10.1. The van der Waals surface area contributed by atoms with E-state index in [1.165, 1.54) is 5.56 Å². The molecule has 0 unspecified atom stereocenters. The van der Waals surface area contributed by atoms with Crippen molar-refractivity contribution in [3.05, 3.63) is 71.3 Å². The fourth-order valence-electron chi connectivity index (χ4n) is 2.35. The van der Waals surface area contributed by atoms with E-state index in [4.69, 9.17) is 0 Å². The van der Waals surface area contributed by atoms with Crippen LogP contribution in [0, 0.1) is 6.92 Å². The maximum atomic E-state index is 12.0. The molecule has 0 aliphatic heterocycles. The number of rotatable bonds is 7. The molecule has 0 saturated carbocycles. The summed E-state index contributed by atoms with van der Waals surface area (Å²) in [5.41, 5.74) is 3.44. The molecule has 5 nitrogen and oxygen atoms in total. The third-order valence-corrected chi connectivity index (χ3v) is 3.60. The Morgan fingerprint density at radius 3 is 2.44 bits per heavy atom. The Hall–Kier alpha value is -2.82. The van der Waals surface area contributed by atoms with Gasteiger partial charge < -0.3 is 16.0 Å². The highest BCUT2D eigenvalue weighted by Crippen LogP contribution is 2.04. The average Bonchev–Trinajstić information content (AvgIpc) is 2.63. The molecule has 0 heterocycles. The maximum Gasteiger partial charge on any atom is 0.239 e. The molecule has 0 saturated heterocycles. The number of nitrogens with zero attached hydrogens (tertiary/aromatic N) is 1. The van der Waals surface area contributed by atoms with Gasteiger partial charge in [-0.2, -0.15) is 0 Å². The fraction of sp³-hybridized carbons (Fsp3) is 0.300. The summed E-state index contributed by atoms with van der Waals surface area (Å²) in [7, 11) is 0. The average molecular weight is 338 g/mol. The first-order chi connectivity index (χ1) is 12.2. The first-order valence-corrected chi connectivity index (χ1v) is 8.55. The van der Waals surface area contributed by atoms with Gasteiger partial charge in [-0.3, -0.25) is 4.79 Å². The largest absolute Gasteiger partial charge is 0.357 e. The zero-order valence-corrected chi connectivity index (χ0v) is 14.9. The van der Waals surface area contributed by atoms with Crippen molar-refractivity contribution in [2.75, 3.05) is 13.1 Å². The molecule has 0 spiro atoms. The Morgan fingerprint density at radius 1 is 0.960 bits per heavy atom. The van der Waals surface area contributed by atoms with Crippen molar-refractivity contribution in [2.45, 2.75) is 26.9 Å². The number of benzene rings is 2. The van der Waals surface area contributed by atoms with E-state index in [1.807, 2.05) is 49.4 Å². The van der Waals surface area contributed by atoms with Gasteiger partial charge in [-0.1, -0.05) is 60.2 Å². The molecule has 0 aliphatic carbocycles. The summed E-state index contributed by atoms with van der Waals surface area (Å²) in [5, 5.41) is 9.12. The number of carbonyl (C=O) groups is 1. The Labute approximate surface area is 149 Å². The lowest BCUT2D eigenvalue weighted by atomic mass is 10.1. The van der Waals surface area contributed by atoms with E-state index < -0.39 is 0 Å². The molecule has 2 aromatic rings. The number of guanidine groups is 1. The quantitative estimate of drug-likeness (QED) is 0.536. The molecule has 5 heteroatoms. The van der Waals surface area contributed by atoms with E-state index in [2.05, 4.69) is 40.0 Å². The Morgan fingerprint density at radius 2 is 1.72 bits per heavy atom. The summed E-state index contributed by atoms with van der Waals surface area (Å²) in [5.74, 6) is 0.573. The molecule has 25 heavy (non-hydrogen) atoms. The van der Waals surface area contributed by atoms with Gasteiger partial charge >= 0.3 is 0 Å². The summed E-state index contributed by atoms with van der Waals surface area (Å²) in [6, 6.07) is 18.1. The van der Waals surface area contributed by atoms with Crippen LogP contribution in [0.25, 0.3) is 0 Å². The van der Waals surface area contributed by atoms with Gasteiger partial charge in [-0.15, -0.1) is 0 Å². The van der Waals surface area contributed by atoms with Crippen molar-refractivity contribution in [1.29, 1.82) is 0 Å². The molecule has 2 aromatic carbocycles. The highest BCUT2D eigenvalue weighted by molar-refractivity contribution is 5.86. The van der Waals surface area contributed by atoms with E-state index in [0.29, 0.717) is 19.0 Å². The predicted octanol–water partition coefficient (Wildman–Crippen LogP) is 2.37. The Kier molecular flexibility index (Phi) is 7.50. The third kappa shape index (κ3) is 7.08. The van der Waals surface area contributed by atoms with Crippen LogP contribution in [0.15, 0.2) is 59.6 Å². The summed E-state index contributed by atoms with van der Waals surface area (Å²) in [6.45, 7) is 6.09. The first kappa shape index (κ1) is 18.5. The molecule has 1 amide bonds. The van der Waals surface area contributed by atoms with Crippen LogP contribution in [0.3, 0.4) is 0 Å². The van der Waals surface area contributed by atoms with Crippen LogP contribution in [0.5, 0.6) is 0 Å². The van der Waals surface area contributed by atoms with Crippen molar-refractivity contribution < 1.29 is 4.79 Å². The highest BCUT2D eigenvalue weighted by Gasteiger charge is 2.03. The molecule has 132 valence electrons. The standard InChI is InChI=1S/C20H26N4O/c1-3-21-20(23-14-18-11-7-8-16(2)12-18)24-15-19(25)22-13-17-9-5-4-6-10-17/h4-12H,3,13-15H2,1-2H3,(H,22,25)(H2,21,23,24). The van der Waals surface area contributed by atoms with E-state index in [0.717, 1.165) is 17.7 Å². The van der Waals surface area contributed by atoms with Gasteiger partial charge in [0.05, 0.1) is 13.1 Å². The van der Waals surface area contributed by atoms with Crippen LogP contribution in [0.1, 0.15) is 23.6 Å². The maximum absolute atomic E-state index is 12.0. The molecule has 3 N–H and O–H groups in total. The minimum Gasteiger partial charge on any atom is -0.357 e. The van der Waals surface area contributed by atoms with Crippen LogP contribution in [0.2, 0.25) is 0 Å². The van der Waals surface area contributed by atoms with Gasteiger partial charge in [0.25, 0.3) is 0 Å². The summed E-state index contributed by atoms with van der Waals surface area (Å²) >= 11 is 0. The number of hydrogen-bond acceptors (Lipinski definition) is 2. The van der Waals surface area contributed by atoms with Gasteiger partial charge in [0.2, 0.25) is 5.91 Å². The van der Waals surface area contributed by atoms with Crippen molar-refractivity contribution in [3.8, 4) is 0 Å². The van der Waals surface area contributed by atoms with Crippen LogP contribution in [-0.2, 0) is 17.9 Å². The number of nitrogens with one attached hydrogen (secondary N) is 3. The lowest BCUT2D eigenvalue weighted by Crippen LogP contribution is -2.43. The predicted molar refractivity (Wildman–Crippen MR) is 102 cm³/mol. The van der Waals surface area contributed by atoms with Gasteiger partial charge in [0.1, 0.15) is 0 Å². The van der Waals surface area contributed by atoms with Crippen molar-refractivity contribution in [1.82, 2.24) is 16.0 Å². The second-order valence-corrected chi connectivity index (χ2v) is 5.80. The van der Waals surface area contributed by atoms with E-state index in [1.54, 1.807) is 0 Å². The van der Waals surface area contributed by atoms with Crippen LogP contribution >= 0.6 is 0 Å². The molecule has 0 fully saturated rings. The molecule has 0 aromatic heterocycles. The van der Waals surface area contributed by atoms with Gasteiger partial charge in [-0.05, 0) is 25.0 Å². The van der Waals surface area contributed by atoms with Gasteiger partial charge in [0, 0.05) is 13.1 Å². The van der Waals surface area contributed by atoms with E-state index >= 15 is 0 Å². The number of amides is 1. The van der Waals surface area contributed by atoms with Crippen molar-refractivity contribution in [2.24, 2.45) is 4.99 Å². The number of carbonyl (C=O) groups excluding carboxylic acids is 1. The summed E-state index contributed by atoms with van der Waals surface area (Å²) in [6.07, 6.45) is 0. The van der Waals surface area contributed by atoms with Crippen LogP contribution in [0.4, 0.5) is 0 Å². The zero-order chi connectivity index (χ0) is 17.9. The van der Waals surface area contributed by atoms with Crippen LogP contribution in [-0.4, -0.2) is 25.0 Å². The summed E-state index contributed by atoms with van der Waals surface area (Å²) < 4.78 is 0. The molecule has 0 bridgehead atoms. The minimum absolute atomic E-state index is 0.0648. The lowest BCUT2D eigenvalue weighted by molar-refractivity contribution is -0.120. The van der Waals surface area contributed by atoms with Crippen molar-refractivity contribution >= 4 is 11.9 Å². The Balaban J connectivity index is 1.81. The lowest BCUT2D eigenvalue weighted by Gasteiger charge is -2.11. The van der Waals surface area contributed by atoms with Crippen LogP contribution < -0.4 is 16.0 Å².